The predicted molar refractivity (Wildman–Crippen MR) is 158 cm³/mol. The van der Waals surface area contributed by atoms with Gasteiger partial charge < -0.3 is 51.0 Å². The number of benzene rings is 3. The number of carbonyl (C=O) groups is 1. The molecule has 0 radical (unpaired) electrons. The lowest BCUT2D eigenvalue weighted by Gasteiger charge is -2.18. The fraction of sp³-hybridized carbons (Fsp3) is 0.273. The van der Waals surface area contributed by atoms with Gasteiger partial charge in [0.25, 0.3) is 0 Å². The molecule has 43 heavy (non-hydrogen) atoms. The van der Waals surface area contributed by atoms with Gasteiger partial charge in [0, 0.05) is 36.1 Å². The van der Waals surface area contributed by atoms with Crippen molar-refractivity contribution < 1.29 is 50.0 Å². The second kappa shape index (κ2) is 12.0. The number of hydrogen-bond acceptors (Lipinski definition) is 6. The molecule has 0 bridgehead atoms. The first kappa shape index (κ1) is 28.7. The first-order chi connectivity index (χ1) is 20.6. The number of pyridine rings is 1. The van der Waals surface area contributed by atoms with E-state index in [9.17, 15) is 4.79 Å². The number of hydrogen-bond donors (Lipinski definition) is 2. The van der Waals surface area contributed by atoms with Crippen molar-refractivity contribution >= 4 is 27.6 Å². The van der Waals surface area contributed by atoms with E-state index in [1.54, 1.807) is 14.2 Å². The summed E-state index contributed by atoms with van der Waals surface area (Å²) in [6, 6.07) is 16.2. The van der Waals surface area contributed by atoms with Crippen molar-refractivity contribution in [3.05, 3.63) is 72.1 Å². The average Bonchev–Trinajstić information content (AvgIpc) is 3.65. The molecular weight excluding hydrogens is 614 g/mol. The molecule has 0 fully saturated rings. The zero-order valence-corrected chi connectivity index (χ0v) is 25.6. The van der Waals surface area contributed by atoms with Crippen LogP contribution in [0.3, 0.4) is 0 Å². The van der Waals surface area contributed by atoms with Gasteiger partial charge in [0.2, 0.25) is 18.4 Å². The van der Waals surface area contributed by atoms with Crippen LogP contribution in [0.2, 0.25) is 0 Å². The van der Waals surface area contributed by atoms with Crippen LogP contribution in [0.1, 0.15) is 17.5 Å². The number of fused-ring (bicyclic) bond motifs is 6. The lowest BCUT2D eigenvalue weighted by molar-refractivity contribution is -0.686. The Morgan fingerprint density at radius 1 is 1.02 bits per heavy atom. The van der Waals surface area contributed by atoms with E-state index in [1.165, 1.54) is 5.56 Å². The summed E-state index contributed by atoms with van der Waals surface area (Å²) in [5.41, 5.74) is 5.69. The van der Waals surface area contributed by atoms with E-state index in [0.717, 1.165) is 68.7 Å². The van der Waals surface area contributed by atoms with Crippen LogP contribution in [0.15, 0.2) is 60.9 Å². The molecule has 9 nitrogen and oxygen atoms in total. The second-order valence-electron chi connectivity index (χ2n) is 10.5. The maximum atomic E-state index is 12.7. The summed E-state index contributed by atoms with van der Waals surface area (Å²) >= 11 is 0. The second-order valence-corrected chi connectivity index (χ2v) is 10.5. The number of aromatic nitrogens is 2. The largest absolute Gasteiger partial charge is 1.00 e. The Bertz CT molecular complexity index is 1840. The Balaban J connectivity index is 0.00000329. The SMILES string of the molecule is COc1ccc2[nH]cc(CCNC(=O)CCOc3c(OC)ccc4cc5[n+](cc34)CCc3cc4c(cc3-5)OCO4)c2c1.[Br-]. The van der Waals surface area contributed by atoms with E-state index in [4.69, 9.17) is 23.7 Å². The molecular formula is C33H32BrN3O6. The van der Waals surface area contributed by atoms with Crippen molar-refractivity contribution in [3.63, 3.8) is 0 Å². The normalized spacial score (nSPS) is 12.8. The van der Waals surface area contributed by atoms with Gasteiger partial charge in [0.1, 0.15) is 5.75 Å². The molecule has 1 amide bonds. The van der Waals surface area contributed by atoms with Crippen molar-refractivity contribution in [2.24, 2.45) is 0 Å². The van der Waals surface area contributed by atoms with E-state index >= 15 is 0 Å². The van der Waals surface area contributed by atoms with Crippen LogP contribution in [0.25, 0.3) is 32.9 Å². The zero-order chi connectivity index (χ0) is 28.6. The van der Waals surface area contributed by atoms with Crippen LogP contribution in [0.5, 0.6) is 28.7 Å². The standard InChI is InChI=1S/C33H31N3O6.BrH/c1-38-23-4-5-27-24(15-23)22(17-35-27)7-10-34-32(37)9-12-40-33-26-18-36-11-8-21-14-30-31(42-19-41-30)16-25(21)28(36)13-20(26)3-6-29(33)39-2;/h3-6,13-18,35H,7-12,19H2,1-2H3;1H. The van der Waals surface area contributed by atoms with Gasteiger partial charge in [-0.1, -0.05) is 0 Å². The highest BCUT2D eigenvalue weighted by Crippen LogP contribution is 2.41. The molecule has 7 rings (SSSR count). The molecule has 222 valence electrons. The van der Waals surface area contributed by atoms with Gasteiger partial charge in [-0.25, -0.2) is 0 Å². The number of amides is 1. The number of nitrogens with zero attached hydrogens (tertiary/aromatic N) is 1. The van der Waals surface area contributed by atoms with Crippen molar-refractivity contribution in [1.82, 2.24) is 10.3 Å². The minimum Gasteiger partial charge on any atom is -1.00 e. The van der Waals surface area contributed by atoms with Gasteiger partial charge in [-0.3, -0.25) is 4.79 Å². The lowest BCUT2D eigenvalue weighted by atomic mass is 9.95. The van der Waals surface area contributed by atoms with E-state index < -0.39 is 0 Å². The van der Waals surface area contributed by atoms with Crippen LogP contribution in [-0.2, 0) is 24.2 Å². The third kappa shape index (κ3) is 5.43. The first-order valence-electron chi connectivity index (χ1n) is 14.1. The fourth-order valence-electron chi connectivity index (χ4n) is 5.87. The first-order valence-corrected chi connectivity index (χ1v) is 14.1. The molecule has 3 aromatic carbocycles. The highest BCUT2D eigenvalue weighted by atomic mass is 79.9. The summed E-state index contributed by atoms with van der Waals surface area (Å²) < 4.78 is 30.7. The van der Waals surface area contributed by atoms with Crippen LogP contribution in [-0.4, -0.2) is 45.1 Å². The summed E-state index contributed by atoms with van der Waals surface area (Å²) in [7, 11) is 3.29. The predicted octanol–water partition coefficient (Wildman–Crippen LogP) is 1.71. The van der Waals surface area contributed by atoms with Crippen molar-refractivity contribution in [1.29, 1.82) is 0 Å². The van der Waals surface area contributed by atoms with Crippen molar-refractivity contribution in [2.45, 2.75) is 25.8 Å². The van der Waals surface area contributed by atoms with Gasteiger partial charge >= 0.3 is 0 Å². The zero-order valence-electron chi connectivity index (χ0n) is 24.0. The number of carbonyl (C=O) groups excluding carboxylic acids is 1. The van der Waals surface area contributed by atoms with Crippen LogP contribution in [0.4, 0.5) is 0 Å². The molecule has 0 unspecified atom stereocenters. The Morgan fingerprint density at radius 2 is 1.88 bits per heavy atom. The molecule has 10 heteroatoms. The number of H-pyrrole nitrogens is 1. The molecule has 5 aromatic rings. The van der Waals surface area contributed by atoms with Crippen LogP contribution < -0.4 is 50.5 Å². The molecule has 0 atom stereocenters. The molecule has 0 saturated heterocycles. The minimum atomic E-state index is -0.0614. The smallest absolute Gasteiger partial charge is 0.231 e. The van der Waals surface area contributed by atoms with Gasteiger partial charge in [0.05, 0.1) is 38.2 Å². The molecule has 2 aromatic heterocycles. The van der Waals surface area contributed by atoms with Gasteiger partial charge in [-0.2, -0.15) is 4.57 Å². The molecule has 2 aliphatic heterocycles. The molecule has 4 heterocycles. The molecule has 2 aliphatic rings. The van der Waals surface area contributed by atoms with Gasteiger partial charge in [0.15, 0.2) is 35.7 Å². The number of nitrogens with one attached hydrogen (secondary N) is 2. The van der Waals surface area contributed by atoms with Crippen LogP contribution >= 0.6 is 0 Å². The van der Waals surface area contributed by atoms with E-state index in [0.29, 0.717) is 24.5 Å². The summed E-state index contributed by atoms with van der Waals surface area (Å²) in [5, 5.41) is 6.09. The fourth-order valence-corrected chi connectivity index (χ4v) is 5.87. The summed E-state index contributed by atoms with van der Waals surface area (Å²) in [6.07, 6.45) is 5.94. The Morgan fingerprint density at radius 3 is 2.72 bits per heavy atom. The van der Waals surface area contributed by atoms with E-state index in [1.807, 2.05) is 36.5 Å². The Labute approximate surface area is 259 Å². The van der Waals surface area contributed by atoms with E-state index in [2.05, 4.69) is 39.3 Å². The molecule has 0 spiro atoms. The number of methoxy groups -OCH3 is 2. The molecule has 0 saturated carbocycles. The number of halogens is 1. The number of ether oxygens (including phenoxy) is 5. The topological polar surface area (TPSA) is 94.9 Å². The van der Waals surface area contributed by atoms with Crippen LogP contribution in [0, 0.1) is 0 Å². The summed E-state index contributed by atoms with van der Waals surface area (Å²) in [5.74, 6) is 3.62. The Kier molecular flexibility index (Phi) is 8.03. The highest BCUT2D eigenvalue weighted by Gasteiger charge is 2.28. The highest BCUT2D eigenvalue weighted by molar-refractivity contribution is 5.92. The summed E-state index contributed by atoms with van der Waals surface area (Å²) in [6.45, 7) is 1.86. The lowest BCUT2D eigenvalue weighted by Crippen LogP contribution is -3.00. The van der Waals surface area contributed by atoms with Crippen molar-refractivity contribution in [2.75, 3.05) is 34.2 Å². The third-order valence-electron chi connectivity index (χ3n) is 8.06. The summed E-state index contributed by atoms with van der Waals surface area (Å²) in [4.78, 5) is 15.9. The Hall–Kier alpha value is -4.44. The van der Waals surface area contributed by atoms with Gasteiger partial charge in [-0.05, 0) is 65.4 Å². The monoisotopic (exact) mass is 645 g/mol. The maximum absolute atomic E-state index is 12.7. The minimum absolute atomic E-state index is 0. The van der Waals surface area contributed by atoms with E-state index in [-0.39, 0.29) is 42.7 Å². The number of aromatic amines is 1. The number of rotatable bonds is 9. The quantitative estimate of drug-likeness (QED) is 0.237. The number of aryl methyl sites for hydroxylation is 2. The third-order valence-corrected chi connectivity index (χ3v) is 8.06. The maximum Gasteiger partial charge on any atom is 0.231 e. The van der Waals surface area contributed by atoms with Gasteiger partial charge in [-0.15, -0.1) is 0 Å². The molecule has 2 N–H and O–H groups in total. The molecule has 0 aliphatic carbocycles. The van der Waals surface area contributed by atoms with Crippen molar-refractivity contribution in [3.8, 4) is 40.0 Å². The average molecular weight is 647 g/mol.